The van der Waals surface area contributed by atoms with Crippen molar-refractivity contribution in [2.24, 2.45) is 0 Å². The van der Waals surface area contributed by atoms with Crippen LogP contribution in [0.3, 0.4) is 0 Å². The summed E-state index contributed by atoms with van der Waals surface area (Å²) in [4.78, 5) is 4.11. The van der Waals surface area contributed by atoms with E-state index in [1.54, 1.807) is 19.5 Å². The lowest BCUT2D eigenvalue weighted by atomic mass is 10.1. The minimum Gasteiger partial charge on any atom is -0.493 e. The topological polar surface area (TPSA) is 51.6 Å². The zero-order valence-electron chi connectivity index (χ0n) is 12.3. The van der Waals surface area contributed by atoms with E-state index in [1.165, 1.54) is 0 Å². The van der Waals surface area contributed by atoms with Gasteiger partial charge in [0.2, 0.25) is 0 Å². The lowest BCUT2D eigenvalue weighted by Crippen LogP contribution is -2.10. The molecule has 0 fully saturated rings. The van der Waals surface area contributed by atoms with Crippen molar-refractivity contribution in [3.8, 4) is 11.5 Å². The molecule has 3 rings (SSSR count). The van der Waals surface area contributed by atoms with E-state index in [0.717, 1.165) is 16.3 Å². The Morgan fingerprint density at radius 2 is 1.82 bits per heavy atom. The molecule has 4 nitrogen and oxygen atoms in total. The van der Waals surface area contributed by atoms with E-state index >= 15 is 0 Å². The first-order valence-electron chi connectivity index (χ1n) is 7.05. The molecule has 1 unspecified atom stereocenters. The van der Waals surface area contributed by atoms with Crippen molar-refractivity contribution in [1.82, 2.24) is 4.98 Å². The van der Waals surface area contributed by atoms with Gasteiger partial charge in [-0.3, -0.25) is 4.98 Å². The number of benzene rings is 2. The number of hydrogen-bond donors (Lipinski definition) is 1. The Labute approximate surface area is 129 Å². The van der Waals surface area contributed by atoms with Crippen LogP contribution in [0.15, 0.2) is 60.9 Å². The molecule has 0 bridgehead atoms. The lowest BCUT2D eigenvalue weighted by molar-refractivity contribution is 0.106. The Hall–Kier alpha value is -2.59. The fourth-order valence-corrected chi connectivity index (χ4v) is 2.31. The summed E-state index contributed by atoms with van der Waals surface area (Å²) in [5, 5.41) is 12.2. The van der Waals surface area contributed by atoms with Crippen LogP contribution < -0.4 is 9.47 Å². The average Bonchev–Trinajstić information content (AvgIpc) is 2.59. The number of ether oxygens (including phenoxy) is 2. The Kier molecular flexibility index (Phi) is 4.21. The van der Waals surface area contributed by atoms with E-state index in [2.05, 4.69) is 4.98 Å². The second-order valence-electron chi connectivity index (χ2n) is 4.96. The van der Waals surface area contributed by atoms with Gasteiger partial charge in [0.05, 0.1) is 7.11 Å². The van der Waals surface area contributed by atoms with Gasteiger partial charge in [-0.25, -0.2) is 0 Å². The summed E-state index contributed by atoms with van der Waals surface area (Å²) < 4.78 is 11.1. The Bertz CT molecular complexity index is 759. The van der Waals surface area contributed by atoms with E-state index in [9.17, 15) is 5.11 Å². The normalized spacial score (nSPS) is 12.1. The summed E-state index contributed by atoms with van der Waals surface area (Å²) in [7, 11) is 1.60. The SMILES string of the molecule is COc1cc2ccncc2cc1OCC(O)c1ccccc1. The van der Waals surface area contributed by atoms with E-state index in [1.807, 2.05) is 48.5 Å². The molecule has 1 aromatic heterocycles. The number of nitrogens with zero attached hydrogens (tertiary/aromatic N) is 1. The van der Waals surface area contributed by atoms with Gasteiger partial charge in [-0.1, -0.05) is 30.3 Å². The van der Waals surface area contributed by atoms with Gasteiger partial charge >= 0.3 is 0 Å². The molecular formula is C18H17NO3. The second-order valence-corrected chi connectivity index (χ2v) is 4.96. The molecule has 0 aliphatic rings. The third kappa shape index (κ3) is 3.02. The van der Waals surface area contributed by atoms with Crippen molar-refractivity contribution in [3.05, 3.63) is 66.5 Å². The van der Waals surface area contributed by atoms with Crippen molar-refractivity contribution in [2.45, 2.75) is 6.10 Å². The van der Waals surface area contributed by atoms with Crippen molar-refractivity contribution < 1.29 is 14.6 Å². The van der Waals surface area contributed by atoms with Crippen molar-refractivity contribution >= 4 is 10.8 Å². The molecule has 1 heterocycles. The molecule has 4 heteroatoms. The predicted octanol–water partition coefficient (Wildman–Crippen LogP) is 3.36. The predicted molar refractivity (Wildman–Crippen MR) is 85.2 cm³/mol. The van der Waals surface area contributed by atoms with Crippen LogP contribution in [0, 0.1) is 0 Å². The number of rotatable bonds is 5. The minimum atomic E-state index is -0.685. The molecule has 22 heavy (non-hydrogen) atoms. The fraction of sp³-hybridized carbons (Fsp3) is 0.167. The van der Waals surface area contributed by atoms with Gasteiger partial charge in [0.15, 0.2) is 11.5 Å². The Morgan fingerprint density at radius 1 is 1.05 bits per heavy atom. The molecule has 0 amide bonds. The summed E-state index contributed by atoms with van der Waals surface area (Å²) in [6.45, 7) is 0.159. The van der Waals surface area contributed by atoms with Crippen LogP contribution in [0.5, 0.6) is 11.5 Å². The quantitative estimate of drug-likeness (QED) is 0.784. The summed E-state index contributed by atoms with van der Waals surface area (Å²) in [5.74, 6) is 1.23. The van der Waals surface area contributed by atoms with Crippen LogP contribution in [0.25, 0.3) is 10.8 Å². The molecule has 2 aromatic carbocycles. The maximum Gasteiger partial charge on any atom is 0.162 e. The lowest BCUT2D eigenvalue weighted by Gasteiger charge is -2.15. The summed E-state index contributed by atoms with van der Waals surface area (Å²) >= 11 is 0. The average molecular weight is 295 g/mol. The fourth-order valence-electron chi connectivity index (χ4n) is 2.31. The van der Waals surface area contributed by atoms with Crippen molar-refractivity contribution in [2.75, 3.05) is 13.7 Å². The molecule has 0 aliphatic heterocycles. The van der Waals surface area contributed by atoms with Crippen LogP contribution in [0.2, 0.25) is 0 Å². The molecule has 112 valence electrons. The number of fused-ring (bicyclic) bond motifs is 1. The molecular weight excluding hydrogens is 278 g/mol. The van der Waals surface area contributed by atoms with Gasteiger partial charge in [0.1, 0.15) is 12.7 Å². The van der Waals surface area contributed by atoms with Crippen molar-refractivity contribution in [3.63, 3.8) is 0 Å². The number of aliphatic hydroxyl groups is 1. The Morgan fingerprint density at radius 3 is 2.59 bits per heavy atom. The van der Waals surface area contributed by atoms with Crippen LogP contribution in [-0.2, 0) is 0 Å². The van der Waals surface area contributed by atoms with E-state index < -0.39 is 6.10 Å². The standard InChI is InChI=1S/C18H17NO3/c1-21-17-9-14-7-8-19-11-15(14)10-18(17)22-12-16(20)13-5-3-2-4-6-13/h2-11,16,20H,12H2,1H3. The van der Waals surface area contributed by atoms with Gasteiger partial charge in [0.25, 0.3) is 0 Å². The molecule has 0 spiro atoms. The third-order valence-corrected chi connectivity index (χ3v) is 3.50. The molecule has 0 saturated carbocycles. The smallest absolute Gasteiger partial charge is 0.162 e. The van der Waals surface area contributed by atoms with Gasteiger partial charge in [-0.05, 0) is 29.1 Å². The molecule has 1 atom stereocenters. The van der Waals surface area contributed by atoms with Crippen LogP contribution in [-0.4, -0.2) is 23.8 Å². The summed E-state index contributed by atoms with van der Waals surface area (Å²) in [5.41, 5.74) is 0.823. The van der Waals surface area contributed by atoms with E-state index in [-0.39, 0.29) is 6.61 Å². The monoisotopic (exact) mass is 295 g/mol. The number of pyridine rings is 1. The van der Waals surface area contributed by atoms with E-state index in [0.29, 0.717) is 11.5 Å². The summed E-state index contributed by atoms with van der Waals surface area (Å²) in [6.07, 6.45) is 2.83. The van der Waals surface area contributed by atoms with Gasteiger partial charge in [0, 0.05) is 17.8 Å². The maximum absolute atomic E-state index is 10.2. The highest BCUT2D eigenvalue weighted by Crippen LogP contribution is 2.32. The molecule has 3 aromatic rings. The van der Waals surface area contributed by atoms with Gasteiger partial charge in [-0.15, -0.1) is 0 Å². The van der Waals surface area contributed by atoms with Crippen LogP contribution in [0.4, 0.5) is 0 Å². The largest absolute Gasteiger partial charge is 0.493 e. The number of aliphatic hydroxyl groups excluding tert-OH is 1. The zero-order chi connectivity index (χ0) is 15.4. The third-order valence-electron chi connectivity index (χ3n) is 3.50. The minimum absolute atomic E-state index is 0.159. The molecule has 0 aliphatic carbocycles. The number of methoxy groups -OCH3 is 1. The highest BCUT2D eigenvalue weighted by molar-refractivity contribution is 5.85. The number of hydrogen-bond acceptors (Lipinski definition) is 4. The first-order valence-corrected chi connectivity index (χ1v) is 7.05. The second kappa shape index (κ2) is 6.45. The van der Waals surface area contributed by atoms with E-state index in [4.69, 9.17) is 9.47 Å². The van der Waals surface area contributed by atoms with Crippen molar-refractivity contribution in [1.29, 1.82) is 0 Å². The van der Waals surface area contributed by atoms with Crippen LogP contribution >= 0.6 is 0 Å². The first kappa shape index (κ1) is 14.4. The summed E-state index contributed by atoms with van der Waals surface area (Å²) in [6, 6.07) is 15.1. The Balaban J connectivity index is 1.81. The molecule has 1 N–H and O–H groups in total. The maximum atomic E-state index is 10.2. The highest BCUT2D eigenvalue weighted by atomic mass is 16.5. The highest BCUT2D eigenvalue weighted by Gasteiger charge is 2.11. The first-order chi connectivity index (χ1) is 10.8. The molecule has 0 radical (unpaired) electrons. The van der Waals surface area contributed by atoms with Gasteiger partial charge in [-0.2, -0.15) is 0 Å². The van der Waals surface area contributed by atoms with Crippen LogP contribution in [0.1, 0.15) is 11.7 Å². The van der Waals surface area contributed by atoms with Gasteiger partial charge < -0.3 is 14.6 Å². The zero-order valence-corrected chi connectivity index (χ0v) is 12.3. The molecule has 0 saturated heterocycles. The number of aromatic nitrogens is 1.